The molecular weight excluding hydrogens is 264 g/mol. The molecule has 21 heavy (non-hydrogen) atoms. The molecule has 0 aliphatic rings. The topological polar surface area (TPSA) is 52.0 Å². The summed E-state index contributed by atoms with van der Waals surface area (Å²) in [6.45, 7) is 9.89. The first-order chi connectivity index (χ1) is 10.1. The lowest BCUT2D eigenvalue weighted by Gasteiger charge is -2.15. The minimum atomic E-state index is 0.201. The summed E-state index contributed by atoms with van der Waals surface area (Å²) in [7, 11) is 0. The van der Waals surface area contributed by atoms with E-state index in [1.54, 1.807) is 6.33 Å². The average molecular weight is 288 g/mol. The van der Waals surface area contributed by atoms with E-state index in [-0.39, 0.29) is 12.1 Å². The van der Waals surface area contributed by atoms with Crippen molar-refractivity contribution >= 4 is 0 Å². The highest BCUT2D eigenvalue weighted by Gasteiger charge is 2.08. The Morgan fingerprint density at radius 1 is 1.19 bits per heavy atom. The van der Waals surface area contributed by atoms with Gasteiger partial charge in [0, 0.05) is 12.6 Å². The Labute approximate surface area is 126 Å². The highest BCUT2D eigenvalue weighted by Crippen LogP contribution is 2.18. The normalized spacial score (nSPS) is 12.6. The lowest BCUT2D eigenvalue weighted by Crippen LogP contribution is -2.20. The molecular formula is C16H24N4O. The Morgan fingerprint density at radius 3 is 2.52 bits per heavy atom. The maximum absolute atomic E-state index is 5.66. The highest BCUT2D eigenvalue weighted by molar-refractivity contribution is 5.29. The maximum atomic E-state index is 5.66. The predicted molar refractivity (Wildman–Crippen MR) is 83.2 cm³/mol. The zero-order valence-electron chi connectivity index (χ0n) is 13.2. The van der Waals surface area contributed by atoms with Gasteiger partial charge in [-0.05, 0) is 45.4 Å². The number of hydrogen-bond acceptors (Lipinski definition) is 4. The van der Waals surface area contributed by atoms with Crippen LogP contribution in [0, 0.1) is 0 Å². The van der Waals surface area contributed by atoms with Gasteiger partial charge in [-0.2, -0.15) is 0 Å². The fraction of sp³-hybridized carbons (Fsp3) is 0.500. The zero-order chi connectivity index (χ0) is 15.2. The smallest absolute Gasteiger partial charge is 0.146 e. The van der Waals surface area contributed by atoms with Crippen molar-refractivity contribution in [2.24, 2.45) is 0 Å². The Balaban J connectivity index is 1.92. The number of ether oxygens (including phenoxy) is 1. The second-order valence-electron chi connectivity index (χ2n) is 5.37. The van der Waals surface area contributed by atoms with E-state index in [0.717, 1.165) is 18.1 Å². The molecule has 0 saturated heterocycles. The van der Waals surface area contributed by atoms with Gasteiger partial charge in [0.25, 0.3) is 0 Å². The van der Waals surface area contributed by atoms with E-state index in [2.05, 4.69) is 41.5 Å². The van der Waals surface area contributed by atoms with Crippen molar-refractivity contribution < 1.29 is 4.74 Å². The summed E-state index contributed by atoms with van der Waals surface area (Å²) in [5.74, 6) is 1.87. The molecule has 0 saturated carbocycles. The molecule has 1 aromatic carbocycles. The van der Waals surface area contributed by atoms with E-state index in [1.807, 2.05) is 30.5 Å². The summed E-state index contributed by atoms with van der Waals surface area (Å²) < 4.78 is 7.70. The standard InChI is InChI=1S/C16H24N4O/c1-5-20-11-18-19-16(20)10-17-13(4)14-6-8-15(9-7-14)21-12(2)3/h6-9,11-13,17H,5,10H2,1-4H3. The fourth-order valence-corrected chi connectivity index (χ4v) is 2.15. The van der Waals surface area contributed by atoms with Crippen LogP contribution in [0.15, 0.2) is 30.6 Å². The quantitative estimate of drug-likeness (QED) is 0.851. The Bertz CT molecular complexity index is 548. The zero-order valence-corrected chi connectivity index (χ0v) is 13.2. The van der Waals surface area contributed by atoms with E-state index in [4.69, 9.17) is 4.74 Å². The van der Waals surface area contributed by atoms with Gasteiger partial charge in [0.15, 0.2) is 0 Å². The van der Waals surface area contributed by atoms with Gasteiger partial charge in [-0.15, -0.1) is 10.2 Å². The van der Waals surface area contributed by atoms with Crippen LogP contribution in [0.25, 0.3) is 0 Å². The molecule has 1 unspecified atom stereocenters. The monoisotopic (exact) mass is 288 g/mol. The van der Waals surface area contributed by atoms with E-state index in [0.29, 0.717) is 6.54 Å². The Morgan fingerprint density at radius 2 is 1.90 bits per heavy atom. The number of nitrogens with one attached hydrogen (secondary N) is 1. The van der Waals surface area contributed by atoms with Crippen LogP contribution < -0.4 is 10.1 Å². The molecule has 5 nitrogen and oxygen atoms in total. The number of aryl methyl sites for hydroxylation is 1. The molecule has 0 spiro atoms. The maximum Gasteiger partial charge on any atom is 0.146 e. The first-order valence-corrected chi connectivity index (χ1v) is 7.46. The van der Waals surface area contributed by atoms with Gasteiger partial charge in [0.2, 0.25) is 0 Å². The summed E-state index contributed by atoms with van der Waals surface area (Å²) in [4.78, 5) is 0. The highest BCUT2D eigenvalue weighted by atomic mass is 16.5. The van der Waals surface area contributed by atoms with E-state index in [1.165, 1.54) is 5.56 Å². The molecule has 2 rings (SSSR count). The molecule has 0 bridgehead atoms. The van der Waals surface area contributed by atoms with Crippen molar-refractivity contribution in [2.45, 2.75) is 52.9 Å². The molecule has 5 heteroatoms. The fourth-order valence-electron chi connectivity index (χ4n) is 2.15. The van der Waals surface area contributed by atoms with Crippen molar-refractivity contribution in [2.75, 3.05) is 0 Å². The van der Waals surface area contributed by atoms with Gasteiger partial charge in [-0.1, -0.05) is 12.1 Å². The van der Waals surface area contributed by atoms with Crippen LogP contribution in [0.3, 0.4) is 0 Å². The average Bonchev–Trinajstić information content (AvgIpc) is 2.92. The summed E-state index contributed by atoms with van der Waals surface area (Å²) in [6.07, 6.45) is 1.96. The number of rotatable bonds is 7. The van der Waals surface area contributed by atoms with Gasteiger partial charge in [0.05, 0.1) is 12.6 Å². The third-order valence-electron chi connectivity index (χ3n) is 3.35. The first-order valence-electron chi connectivity index (χ1n) is 7.46. The van der Waals surface area contributed by atoms with E-state index >= 15 is 0 Å². The number of benzene rings is 1. The summed E-state index contributed by atoms with van der Waals surface area (Å²) in [5, 5.41) is 11.5. The molecule has 0 aliphatic heterocycles. The minimum absolute atomic E-state index is 0.201. The van der Waals surface area contributed by atoms with E-state index < -0.39 is 0 Å². The molecule has 0 fully saturated rings. The number of nitrogens with zero attached hydrogens (tertiary/aromatic N) is 3. The van der Waals surface area contributed by atoms with Crippen LogP contribution in [0.4, 0.5) is 0 Å². The minimum Gasteiger partial charge on any atom is -0.491 e. The van der Waals surface area contributed by atoms with Crippen molar-refractivity contribution in [3.05, 3.63) is 42.0 Å². The van der Waals surface area contributed by atoms with Crippen LogP contribution in [0.1, 0.15) is 45.1 Å². The second kappa shape index (κ2) is 7.22. The molecule has 0 aliphatic carbocycles. The molecule has 2 aromatic rings. The van der Waals surface area contributed by atoms with Crippen molar-refractivity contribution in [1.29, 1.82) is 0 Å². The van der Waals surface area contributed by atoms with Gasteiger partial charge in [-0.25, -0.2) is 0 Å². The Kier molecular flexibility index (Phi) is 5.33. The van der Waals surface area contributed by atoms with E-state index in [9.17, 15) is 0 Å². The van der Waals surface area contributed by atoms with Crippen LogP contribution in [-0.4, -0.2) is 20.9 Å². The van der Waals surface area contributed by atoms with Crippen molar-refractivity contribution in [1.82, 2.24) is 20.1 Å². The molecule has 114 valence electrons. The third kappa shape index (κ3) is 4.29. The van der Waals surface area contributed by atoms with Crippen LogP contribution in [0.5, 0.6) is 5.75 Å². The van der Waals surface area contributed by atoms with Crippen molar-refractivity contribution in [3.63, 3.8) is 0 Å². The largest absolute Gasteiger partial charge is 0.491 e. The van der Waals surface area contributed by atoms with Crippen molar-refractivity contribution in [3.8, 4) is 5.75 Å². The number of aromatic nitrogens is 3. The number of hydrogen-bond donors (Lipinski definition) is 1. The third-order valence-corrected chi connectivity index (χ3v) is 3.35. The SMILES string of the molecule is CCn1cnnc1CNC(C)c1ccc(OC(C)C)cc1. The summed E-state index contributed by atoms with van der Waals surface area (Å²) in [5.41, 5.74) is 1.23. The van der Waals surface area contributed by atoms with Crippen LogP contribution in [0.2, 0.25) is 0 Å². The van der Waals surface area contributed by atoms with Crippen LogP contribution in [-0.2, 0) is 13.1 Å². The van der Waals surface area contributed by atoms with Gasteiger partial charge in [0.1, 0.15) is 17.9 Å². The molecule has 0 radical (unpaired) electrons. The molecule has 0 amide bonds. The van der Waals surface area contributed by atoms with Gasteiger partial charge in [-0.3, -0.25) is 0 Å². The molecule has 1 N–H and O–H groups in total. The van der Waals surface area contributed by atoms with Gasteiger partial charge < -0.3 is 14.6 Å². The molecule has 1 heterocycles. The lowest BCUT2D eigenvalue weighted by molar-refractivity contribution is 0.242. The Hall–Kier alpha value is -1.88. The lowest BCUT2D eigenvalue weighted by atomic mass is 10.1. The van der Waals surface area contributed by atoms with Gasteiger partial charge >= 0.3 is 0 Å². The predicted octanol–water partition coefficient (Wildman–Crippen LogP) is 2.94. The summed E-state index contributed by atoms with van der Waals surface area (Å²) in [6, 6.07) is 8.48. The first kappa shape index (κ1) is 15.5. The second-order valence-corrected chi connectivity index (χ2v) is 5.37. The molecule has 1 aromatic heterocycles. The molecule has 1 atom stereocenters. The van der Waals surface area contributed by atoms with Crippen LogP contribution >= 0.6 is 0 Å². The summed E-state index contributed by atoms with van der Waals surface area (Å²) >= 11 is 0.